The van der Waals surface area contributed by atoms with E-state index in [1.165, 1.54) is 11.8 Å². The number of thioether (sulfide) groups is 1. The highest BCUT2D eigenvalue weighted by molar-refractivity contribution is 8.01. The third-order valence-electron chi connectivity index (χ3n) is 2.85. The van der Waals surface area contributed by atoms with E-state index in [-0.39, 0.29) is 17.1 Å². The minimum absolute atomic E-state index is 0.137. The molecule has 1 heterocycles. The average Bonchev–Trinajstić information content (AvgIpc) is 2.86. The molecular formula is C11H21N3O2S. The van der Waals surface area contributed by atoms with E-state index in [0.717, 1.165) is 38.8 Å². The molecule has 0 aromatic rings. The van der Waals surface area contributed by atoms with Crippen LogP contribution in [0.4, 0.5) is 0 Å². The first-order valence-electron chi connectivity index (χ1n) is 6.08. The van der Waals surface area contributed by atoms with Gasteiger partial charge in [0, 0.05) is 13.1 Å². The van der Waals surface area contributed by atoms with Gasteiger partial charge in [0.1, 0.15) is 0 Å². The Morgan fingerprint density at radius 2 is 2.06 bits per heavy atom. The quantitative estimate of drug-likeness (QED) is 0.414. The molecule has 1 atom stereocenters. The first-order chi connectivity index (χ1) is 8.19. The number of hydrazine groups is 1. The van der Waals surface area contributed by atoms with Crippen LogP contribution in [0.25, 0.3) is 0 Å². The van der Waals surface area contributed by atoms with Gasteiger partial charge < -0.3 is 4.90 Å². The van der Waals surface area contributed by atoms with Gasteiger partial charge in [0.05, 0.1) is 11.0 Å². The van der Waals surface area contributed by atoms with Crippen LogP contribution in [0.2, 0.25) is 0 Å². The largest absolute Gasteiger partial charge is 0.342 e. The van der Waals surface area contributed by atoms with Crippen molar-refractivity contribution in [3.63, 3.8) is 0 Å². The molecule has 0 saturated carbocycles. The lowest BCUT2D eigenvalue weighted by molar-refractivity contribution is -0.127. The number of hydrogen-bond donors (Lipinski definition) is 2. The predicted molar refractivity (Wildman–Crippen MR) is 69.3 cm³/mol. The molecule has 1 aliphatic heterocycles. The van der Waals surface area contributed by atoms with Crippen molar-refractivity contribution < 1.29 is 9.59 Å². The molecule has 17 heavy (non-hydrogen) atoms. The normalized spacial score (nSPS) is 16.9. The number of nitrogens with zero attached hydrogens (tertiary/aromatic N) is 1. The van der Waals surface area contributed by atoms with Crippen molar-refractivity contribution >= 4 is 23.6 Å². The molecule has 0 radical (unpaired) electrons. The SMILES string of the molecule is CCCC(SCC(=O)N1CCCC1)C(=O)NN. The van der Waals surface area contributed by atoms with Gasteiger partial charge in [-0.3, -0.25) is 15.0 Å². The summed E-state index contributed by atoms with van der Waals surface area (Å²) in [7, 11) is 0. The van der Waals surface area contributed by atoms with Gasteiger partial charge in [-0.25, -0.2) is 5.84 Å². The molecule has 1 aliphatic rings. The van der Waals surface area contributed by atoms with E-state index in [4.69, 9.17) is 5.84 Å². The average molecular weight is 259 g/mol. The molecule has 0 aliphatic carbocycles. The number of amides is 2. The van der Waals surface area contributed by atoms with Gasteiger partial charge in [0.2, 0.25) is 11.8 Å². The first kappa shape index (κ1) is 14.3. The highest BCUT2D eigenvalue weighted by Crippen LogP contribution is 2.18. The summed E-state index contributed by atoms with van der Waals surface area (Å²) in [5.41, 5.74) is 2.16. The van der Waals surface area contributed by atoms with Gasteiger partial charge in [0.15, 0.2) is 0 Å². The Labute approximate surface area is 106 Å². The zero-order valence-corrected chi connectivity index (χ0v) is 11.1. The standard InChI is InChI=1S/C11H21N3O2S/c1-2-5-9(11(16)13-12)17-8-10(15)14-6-3-4-7-14/h9H,2-8,12H2,1H3,(H,13,16). The Morgan fingerprint density at radius 3 is 2.59 bits per heavy atom. The Hall–Kier alpha value is -0.750. The highest BCUT2D eigenvalue weighted by Gasteiger charge is 2.22. The summed E-state index contributed by atoms with van der Waals surface area (Å²) in [6, 6.07) is 0. The van der Waals surface area contributed by atoms with Crippen molar-refractivity contribution in [1.29, 1.82) is 0 Å². The molecule has 0 spiro atoms. The van der Waals surface area contributed by atoms with E-state index in [2.05, 4.69) is 5.43 Å². The summed E-state index contributed by atoms with van der Waals surface area (Å²) >= 11 is 1.39. The van der Waals surface area contributed by atoms with Crippen LogP contribution >= 0.6 is 11.8 Å². The molecular weight excluding hydrogens is 238 g/mol. The zero-order chi connectivity index (χ0) is 12.7. The van der Waals surface area contributed by atoms with Gasteiger partial charge in [-0.05, 0) is 19.3 Å². The number of hydrogen-bond acceptors (Lipinski definition) is 4. The van der Waals surface area contributed by atoms with Crippen molar-refractivity contribution in [2.45, 2.75) is 37.9 Å². The van der Waals surface area contributed by atoms with Crippen molar-refractivity contribution in [2.24, 2.45) is 5.84 Å². The summed E-state index contributed by atoms with van der Waals surface area (Å²) in [6.45, 7) is 3.74. The molecule has 1 rings (SSSR count). The van der Waals surface area contributed by atoms with Crippen LogP contribution in [0.3, 0.4) is 0 Å². The van der Waals surface area contributed by atoms with E-state index in [0.29, 0.717) is 5.75 Å². The monoisotopic (exact) mass is 259 g/mol. The maximum absolute atomic E-state index is 11.8. The second kappa shape index (κ2) is 7.55. The van der Waals surface area contributed by atoms with Crippen molar-refractivity contribution in [1.82, 2.24) is 10.3 Å². The lowest BCUT2D eigenvalue weighted by atomic mass is 10.2. The molecule has 1 saturated heterocycles. The van der Waals surface area contributed by atoms with Gasteiger partial charge in [-0.2, -0.15) is 0 Å². The summed E-state index contributed by atoms with van der Waals surface area (Å²) in [6.07, 6.45) is 3.85. The van der Waals surface area contributed by atoms with Gasteiger partial charge in [-0.1, -0.05) is 13.3 Å². The number of nitrogens with two attached hydrogens (primary N) is 1. The van der Waals surface area contributed by atoms with Gasteiger partial charge in [-0.15, -0.1) is 11.8 Å². The fraction of sp³-hybridized carbons (Fsp3) is 0.818. The van der Waals surface area contributed by atoms with E-state index in [1.807, 2.05) is 11.8 Å². The number of carbonyl (C=O) groups excluding carboxylic acids is 2. The molecule has 0 aromatic heterocycles. The minimum atomic E-state index is -0.212. The molecule has 98 valence electrons. The fourth-order valence-corrected chi connectivity index (χ4v) is 3.02. The Kier molecular flexibility index (Phi) is 6.36. The third-order valence-corrected chi connectivity index (χ3v) is 4.12. The summed E-state index contributed by atoms with van der Waals surface area (Å²) in [4.78, 5) is 25.1. The third kappa shape index (κ3) is 4.55. The Bertz CT molecular complexity index is 267. The second-order valence-electron chi connectivity index (χ2n) is 4.18. The summed E-state index contributed by atoms with van der Waals surface area (Å²) in [5.74, 6) is 5.45. The van der Waals surface area contributed by atoms with E-state index >= 15 is 0 Å². The maximum atomic E-state index is 11.8. The first-order valence-corrected chi connectivity index (χ1v) is 7.13. The fourth-order valence-electron chi connectivity index (χ4n) is 1.87. The Morgan fingerprint density at radius 1 is 1.41 bits per heavy atom. The molecule has 2 amide bonds. The van der Waals surface area contributed by atoms with Crippen molar-refractivity contribution in [2.75, 3.05) is 18.8 Å². The van der Waals surface area contributed by atoms with Crippen LogP contribution in [0, 0.1) is 0 Å². The molecule has 0 bridgehead atoms. The van der Waals surface area contributed by atoms with Crippen LogP contribution in [0.1, 0.15) is 32.6 Å². The predicted octanol–water partition coefficient (Wildman–Crippen LogP) is 0.501. The van der Waals surface area contributed by atoms with Crippen molar-refractivity contribution in [3.8, 4) is 0 Å². The summed E-state index contributed by atoms with van der Waals surface area (Å²) < 4.78 is 0. The molecule has 5 nitrogen and oxygen atoms in total. The molecule has 1 unspecified atom stereocenters. The van der Waals surface area contributed by atoms with E-state index in [9.17, 15) is 9.59 Å². The number of nitrogens with one attached hydrogen (secondary N) is 1. The maximum Gasteiger partial charge on any atom is 0.247 e. The van der Waals surface area contributed by atoms with E-state index < -0.39 is 0 Å². The van der Waals surface area contributed by atoms with E-state index in [1.54, 1.807) is 0 Å². The number of likely N-dealkylation sites (tertiary alicyclic amines) is 1. The molecule has 0 aromatic carbocycles. The summed E-state index contributed by atoms with van der Waals surface area (Å²) in [5, 5.41) is -0.212. The van der Waals surface area contributed by atoms with Gasteiger partial charge >= 0.3 is 0 Å². The lowest BCUT2D eigenvalue weighted by Crippen LogP contribution is -2.38. The Balaban J connectivity index is 2.34. The molecule has 3 N–H and O–H groups in total. The molecule has 1 fully saturated rings. The topological polar surface area (TPSA) is 75.4 Å². The zero-order valence-electron chi connectivity index (χ0n) is 10.3. The second-order valence-corrected chi connectivity index (χ2v) is 5.38. The van der Waals surface area contributed by atoms with Gasteiger partial charge in [0.25, 0.3) is 0 Å². The van der Waals surface area contributed by atoms with Crippen LogP contribution in [0.5, 0.6) is 0 Å². The number of carbonyl (C=O) groups is 2. The smallest absolute Gasteiger partial charge is 0.247 e. The van der Waals surface area contributed by atoms with Crippen LogP contribution in [-0.2, 0) is 9.59 Å². The lowest BCUT2D eigenvalue weighted by Gasteiger charge is -2.17. The minimum Gasteiger partial charge on any atom is -0.342 e. The molecule has 6 heteroatoms. The van der Waals surface area contributed by atoms with Crippen molar-refractivity contribution in [3.05, 3.63) is 0 Å². The number of rotatable bonds is 6. The highest BCUT2D eigenvalue weighted by atomic mass is 32.2. The van der Waals surface area contributed by atoms with Crippen LogP contribution in [0.15, 0.2) is 0 Å². The van der Waals surface area contributed by atoms with Crippen LogP contribution in [-0.4, -0.2) is 40.8 Å². The van der Waals surface area contributed by atoms with Crippen LogP contribution < -0.4 is 11.3 Å².